The highest BCUT2D eigenvalue weighted by atomic mass is 16.3. The Hall–Kier alpha value is -3.67. The van der Waals surface area contributed by atoms with Gasteiger partial charge in [-0.3, -0.25) is 4.79 Å². The first kappa shape index (κ1) is 15.8. The molecule has 4 rings (SSSR count). The number of aromatic nitrogens is 2. The fourth-order valence-corrected chi connectivity index (χ4v) is 2.61. The lowest BCUT2D eigenvalue weighted by Crippen LogP contribution is -2.09. The molecule has 3 heterocycles. The molecule has 3 aromatic heterocycles. The molecule has 6 heteroatoms. The van der Waals surface area contributed by atoms with Gasteiger partial charge in [0.2, 0.25) is 11.8 Å². The highest BCUT2D eigenvalue weighted by Gasteiger charge is 2.13. The molecule has 6 nitrogen and oxygen atoms in total. The predicted molar refractivity (Wildman–Crippen MR) is 98.3 cm³/mol. The number of anilines is 1. The van der Waals surface area contributed by atoms with E-state index in [1.54, 1.807) is 36.7 Å². The first-order valence-corrected chi connectivity index (χ1v) is 8.05. The van der Waals surface area contributed by atoms with Crippen molar-refractivity contribution >= 4 is 28.9 Å². The monoisotopic (exact) mass is 345 g/mol. The summed E-state index contributed by atoms with van der Waals surface area (Å²) in [5.41, 5.74) is 3.52. The molecule has 4 aromatic rings. The fraction of sp³-hybridized carbons (Fsp3) is 0.0500. The third-order valence-electron chi connectivity index (χ3n) is 3.93. The Morgan fingerprint density at radius 3 is 2.88 bits per heavy atom. The van der Waals surface area contributed by atoms with Crippen LogP contribution in [0.3, 0.4) is 0 Å². The van der Waals surface area contributed by atoms with Gasteiger partial charge < -0.3 is 14.2 Å². The molecule has 128 valence electrons. The zero-order valence-electron chi connectivity index (χ0n) is 14.0. The van der Waals surface area contributed by atoms with E-state index in [1.807, 2.05) is 31.2 Å². The van der Waals surface area contributed by atoms with Gasteiger partial charge >= 0.3 is 0 Å². The Morgan fingerprint density at radius 1 is 1.15 bits per heavy atom. The third kappa shape index (κ3) is 3.12. The highest BCUT2D eigenvalue weighted by Crippen LogP contribution is 2.29. The number of furan rings is 1. The highest BCUT2D eigenvalue weighted by molar-refractivity contribution is 6.02. The molecule has 0 fully saturated rings. The van der Waals surface area contributed by atoms with E-state index in [0.717, 1.165) is 11.1 Å². The van der Waals surface area contributed by atoms with Gasteiger partial charge in [0.25, 0.3) is 0 Å². The smallest absolute Gasteiger partial charge is 0.248 e. The molecule has 0 atom stereocenters. The molecule has 26 heavy (non-hydrogen) atoms. The lowest BCUT2D eigenvalue weighted by molar-refractivity contribution is -0.111. The minimum Gasteiger partial charge on any atom is -0.465 e. The maximum absolute atomic E-state index is 12.2. The number of fused-ring (bicyclic) bond motifs is 1. The number of nitrogens with zero attached hydrogens (tertiary/aromatic N) is 2. The van der Waals surface area contributed by atoms with Crippen LogP contribution in [0.15, 0.2) is 69.8 Å². The van der Waals surface area contributed by atoms with E-state index in [9.17, 15) is 4.79 Å². The normalized spacial score (nSPS) is 11.3. The minimum atomic E-state index is -0.249. The van der Waals surface area contributed by atoms with E-state index in [0.29, 0.717) is 28.6 Å². The van der Waals surface area contributed by atoms with Crippen molar-refractivity contribution in [2.75, 3.05) is 5.32 Å². The summed E-state index contributed by atoms with van der Waals surface area (Å²) < 4.78 is 10.9. The number of oxazole rings is 1. The third-order valence-corrected chi connectivity index (χ3v) is 3.93. The summed E-state index contributed by atoms with van der Waals surface area (Å²) in [5.74, 6) is 0.837. The van der Waals surface area contributed by atoms with Crippen molar-refractivity contribution in [1.82, 2.24) is 9.97 Å². The quantitative estimate of drug-likeness (QED) is 0.553. The summed E-state index contributed by atoms with van der Waals surface area (Å²) in [6, 6.07) is 12.7. The second-order valence-electron chi connectivity index (χ2n) is 5.66. The van der Waals surface area contributed by atoms with E-state index in [1.165, 1.54) is 6.08 Å². The maximum Gasteiger partial charge on any atom is 0.248 e. The van der Waals surface area contributed by atoms with Gasteiger partial charge in [-0.15, -0.1) is 0 Å². The SMILES string of the molecule is Cc1c(NC(=O)/C=C/c2ccco2)cccc1-c1nc2ncccc2o1. The summed E-state index contributed by atoms with van der Waals surface area (Å²) in [7, 11) is 0. The van der Waals surface area contributed by atoms with Crippen LogP contribution in [0.1, 0.15) is 11.3 Å². The molecular weight excluding hydrogens is 330 g/mol. The van der Waals surface area contributed by atoms with Crippen LogP contribution in [0.25, 0.3) is 28.8 Å². The van der Waals surface area contributed by atoms with E-state index in [2.05, 4.69) is 15.3 Å². The number of nitrogens with one attached hydrogen (secondary N) is 1. The Kier molecular flexibility index (Phi) is 4.07. The van der Waals surface area contributed by atoms with E-state index in [-0.39, 0.29) is 5.91 Å². The van der Waals surface area contributed by atoms with E-state index < -0.39 is 0 Å². The lowest BCUT2D eigenvalue weighted by atomic mass is 10.1. The molecule has 0 radical (unpaired) electrons. The number of carbonyl (C=O) groups is 1. The summed E-state index contributed by atoms with van der Waals surface area (Å²) in [6.07, 6.45) is 6.26. The second-order valence-corrected chi connectivity index (χ2v) is 5.66. The van der Waals surface area contributed by atoms with Crippen LogP contribution < -0.4 is 5.32 Å². The summed E-state index contributed by atoms with van der Waals surface area (Å²) in [4.78, 5) is 20.8. The van der Waals surface area contributed by atoms with Gasteiger partial charge in [0.1, 0.15) is 5.76 Å². The molecule has 0 spiro atoms. The van der Waals surface area contributed by atoms with Gasteiger partial charge in [0, 0.05) is 23.5 Å². The van der Waals surface area contributed by atoms with Gasteiger partial charge in [0.05, 0.1) is 6.26 Å². The second kappa shape index (κ2) is 6.68. The van der Waals surface area contributed by atoms with Gasteiger partial charge in [-0.1, -0.05) is 6.07 Å². The summed E-state index contributed by atoms with van der Waals surface area (Å²) in [5, 5.41) is 2.86. The van der Waals surface area contributed by atoms with Gasteiger partial charge in [-0.05, 0) is 55.0 Å². The number of benzene rings is 1. The van der Waals surface area contributed by atoms with Crippen LogP contribution >= 0.6 is 0 Å². The number of amides is 1. The Labute approximate surface area is 149 Å². The van der Waals surface area contributed by atoms with E-state index in [4.69, 9.17) is 8.83 Å². The van der Waals surface area contributed by atoms with Crippen LogP contribution in [0, 0.1) is 6.92 Å². The van der Waals surface area contributed by atoms with Crippen LogP contribution in [0.2, 0.25) is 0 Å². The molecule has 0 saturated carbocycles. The molecular formula is C20H15N3O3. The Bertz CT molecular complexity index is 1060. The molecule has 0 aliphatic carbocycles. The number of hydrogen-bond acceptors (Lipinski definition) is 5. The molecule has 0 unspecified atom stereocenters. The van der Waals surface area contributed by atoms with Crippen molar-refractivity contribution in [3.63, 3.8) is 0 Å². The van der Waals surface area contributed by atoms with Crippen molar-refractivity contribution in [2.24, 2.45) is 0 Å². The van der Waals surface area contributed by atoms with Crippen LogP contribution in [-0.4, -0.2) is 15.9 Å². The lowest BCUT2D eigenvalue weighted by Gasteiger charge is -2.09. The Morgan fingerprint density at radius 2 is 2.08 bits per heavy atom. The predicted octanol–water partition coefficient (Wildman–Crippen LogP) is 4.44. The van der Waals surface area contributed by atoms with Crippen molar-refractivity contribution in [1.29, 1.82) is 0 Å². The average Bonchev–Trinajstić information content (AvgIpc) is 3.31. The zero-order chi connectivity index (χ0) is 17.9. The van der Waals surface area contributed by atoms with Crippen LogP contribution in [0.5, 0.6) is 0 Å². The standard InChI is InChI=1S/C20H15N3O3/c1-13-15(20-23-19-17(26-20)8-3-11-21-19)6-2-7-16(13)22-18(24)10-9-14-5-4-12-25-14/h2-12H,1H3,(H,22,24)/b10-9+. The first-order chi connectivity index (χ1) is 12.7. The molecule has 1 N–H and O–H groups in total. The van der Waals surface area contributed by atoms with Gasteiger partial charge in [-0.2, -0.15) is 4.98 Å². The molecule has 0 bridgehead atoms. The largest absolute Gasteiger partial charge is 0.465 e. The van der Waals surface area contributed by atoms with Gasteiger partial charge in [0.15, 0.2) is 11.2 Å². The van der Waals surface area contributed by atoms with Crippen LogP contribution in [-0.2, 0) is 4.79 Å². The topological polar surface area (TPSA) is 81.2 Å². The molecule has 0 aliphatic rings. The Balaban J connectivity index is 1.60. The summed E-state index contributed by atoms with van der Waals surface area (Å²) in [6.45, 7) is 1.91. The number of rotatable bonds is 4. The van der Waals surface area contributed by atoms with Gasteiger partial charge in [-0.25, -0.2) is 4.98 Å². The zero-order valence-corrected chi connectivity index (χ0v) is 14.0. The molecule has 0 aliphatic heterocycles. The minimum absolute atomic E-state index is 0.249. The average molecular weight is 345 g/mol. The molecule has 0 saturated heterocycles. The molecule has 1 amide bonds. The van der Waals surface area contributed by atoms with Crippen molar-refractivity contribution < 1.29 is 13.6 Å². The number of carbonyl (C=O) groups excluding carboxylic acids is 1. The fourth-order valence-electron chi connectivity index (χ4n) is 2.61. The van der Waals surface area contributed by atoms with Crippen molar-refractivity contribution in [2.45, 2.75) is 6.92 Å². The van der Waals surface area contributed by atoms with Crippen LogP contribution in [0.4, 0.5) is 5.69 Å². The maximum atomic E-state index is 12.2. The number of hydrogen-bond donors (Lipinski definition) is 1. The first-order valence-electron chi connectivity index (χ1n) is 8.05. The molecule has 1 aromatic carbocycles. The summed E-state index contributed by atoms with van der Waals surface area (Å²) >= 11 is 0. The van der Waals surface area contributed by atoms with Crippen molar-refractivity contribution in [3.05, 3.63) is 72.3 Å². The number of pyridine rings is 1. The van der Waals surface area contributed by atoms with E-state index >= 15 is 0 Å². The van der Waals surface area contributed by atoms with Crippen molar-refractivity contribution in [3.8, 4) is 11.5 Å².